The van der Waals surface area contributed by atoms with Gasteiger partial charge in [0, 0.05) is 23.8 Å². The van der Waals surface area contributed by atoms with Crippen molar-refractivity contribution in [3.05, 3.63) is 29.3 Å². The summed E-state index contributed by atoms with van der Waals surface area (Å²) in [6.07, 6.45) is 0. The van der Waals surface area contributed by atoms with Crippen molar-refractivity contribution in [3.8, 4) is 0 Å². The highest BCUT2D eigenvalue weighted by atomic mass is 35.5. The van der Waals surface area contributed by atoms with Gasteiger partial charge in [0.2, 0.25) is 0 Å². The van der Waals surface area contributed by atoms with Gasteiger partial charge in [-0.25, -0.2) is 0 Å². The fraction of sp³-hybridized carbons (Fsp3) is 0.143. The maximum atomic E-state index is 5.66. The predicted octanol–water partition coefficient (Wildman–Crippen LogP) is 2.18. The average Bonchev–Trinajstić information content (AvgIpc) is 1.88. The summed E-state index contributed by atoms with van der Waals surface area (Å²) in [4.78, 5) is 0. The van der Waals surface area contributed by atoms with E-state index in [1.807, 2.05) is 13.1 Å². The minimum absolute atomic E-state index is 0.734. The third-order valence-electron chi connectivity index (χ3n) is 1.03. The van der Waals surface area contributed by atoms with E-state index in [1.54, 1.807) is 12.1 Å². The van der Waals surface area contributed by atoms with Crippen LogP contribution < -0.4 is 5.32 Å². The van der Waals surface area contributed by atoms with Crippen LogP contribution in [-0.4, -0.2) is 7.05 Å². The molecule has 2 heteroatoms. The molecule has 1 rings (SSSR count). The van der Waals surface area contributed by atoms with Crippen LogP contribution >= 0.6 is 11.6 Å². The van der Waals surface area contributed by atoms with Gasteiger partial charge in [-0.05, 0) is 12.1 Å². The predicted molar refractivity (Wildman–Crippen MR) is 39.8 cm³/mol. The summed E-state index contributed by atoms with van der Waals surface area (Å²) in [5.74, 6) is 0. The van der Waals surface area contributed by atoms with Crippen molar-refractivity contribution < 1.29 is 0 Å². The first-order chi connectivity index (χ1) is 4.33. The molecule has 1 N–H and O–H groups in total. The Balaban J connectivity index is 2.94. The van der Waals surface area contributed by atoms with Crippen molar-refractivity contribution in [3.63, 3.8) is 0 Å². The molecule has 9 heavy (non-hydrogen) atoms. The minimum atomic E-state index is 0.734. The zero-order valence-electron chi connectivity index (χ0n) is 5.11. The second kappa shape index (κ2) is 2.74. The van der Waals surface area contributed by atoms with Crippen LogP contribution in [0.1, 0.15) is 0 Å². The van der Waals surface area contributed by atoms with Crippen molar-refractivity contribution in [1.82, 2.24) is 0 Å². The summed E-state index contributed by atoms with van der Waals surface area (Å²) in [6.45, 7) is 0. The molecule has 0 fully saturated rings. The molecule has 1 aromatic carbocycles. The molecule has 0 bridgehead atoms. The lowest BCUT2D eigenvalue weighted by Crippen LogP contribution is -1.85. The van der Waals surface area contributed by atoms with Crippen molar-refractivity contribution in [2.24, 2.45) is 0 Å². The first-order valence-electron chi connectivity index (χ1n) is 2.68. The second-order valence-electron chi connectivity index (χ2n) is 1.67. The highest BCUT2D eigenvalue weighted by Gasteiger charge is 1.87. The molecular weight excluding hydrogens is 134 g/mol. The van der Waals surface area contributed by atoms with Crippen LogP contribution in [0.15, 0.2) is 18.2 Å². The molecule has 1 radical (unpaired) electrons. The summed E-state index contributed by atoms with van der Waals surface area (Å²) < 4.78 is 0. The molecule has 0 aliphatic heterocycles. The summed E-state index contributed by atoms with van der Waals surface area (Å²) >= 11 is 5.66. The number of hydrogen-bond acceptors (Lipinski definition) is 1. The van der Waals surface area contributed by atoms with E-state index < -0.39 is 0 Å². The number of rotatable bonds is 1. The Hall–Kier alpha value is -0.690. The van der Waals surface area contributed by atoms with Gasteiger partial charge in [-0.15, -0.1) is 0 Å². The molecule has 1 aromatic rings. The van der Waals surface area contributed by atoms with Gasteiger partial charge in [0.05, 0.1) is 0 Å². The van der Waals surface area contributed by atoms with Crippen molar-refractivity contribution in [2.45, 2.75) is 0 Å². The Bertz CT molecular complexity index is 198. The number of halogens is 1. The van der Waals surface area contributed by atoms with Crippen LogP contribution in [0.25, 0.3) is 0 Å². The Morgan fingerprint density at radius 2 is 2.44 bits per heavy atom. The number of hydrogen-bond donors (Lipinski definition) is 1. The Labute approximate surface area is 59.6 Å². The monoisotopic (exact) mass is 140 g/mol. The van der Waals surface area contributed by atoms with E-state index in [2.05, 4.69) is 11.4 Å². The number of anilines is 1. The zero-order chi connectivity index (χ0) is 6.69. The molecule has 0 atom stereocenters. The maximum Gasteiger partial charge on any atom is 0.0432 e. The van der Waals surface area contributed by atoms with Crippen LogP contribution in [0.4, 0.5) is 5.69 Å². The molecule has 47 valence electrons. The van der Waals surface area contributed by atoms with Crippen molar-refractivity contribution in [2.75, 3.05) is 12.4 Å². The molecule has 0 aliphatic rings. The van der Waals surface area contributed by atoms with Gasteiger partial charge in [0.25, 0.3) is 0 Å². The zero-order valence-corrected chi connectivity index (χ0v) is 5.87. The molecule has 0 amide bonds. The molecule has 0 spiro atoms. The fourth-order valence-corrected chi connectivity index (χ4v) is 0.755. The normalized spacial score (nSPS) is 9.11. The Morgan fingerprint density at radius 3 is 2.89 bits per heavy atom. The molecular formula is C7H7ClN. The van der Waals surface area contributed by atoms with Crippen molar-refractivity contribution >= 4 is 17.3 Å². The van der Waals surface area contributed by atoms with E-state index in [9.17, 15) is 0 Å². The van der Waals surface area contributed by atoms with Crippen LogP contribution in [0.3, 0.4) is 0 Å². The molecule has 0 heterocycles. The second-order valence-corrected chi connectivity index (χ2v) is 2.11. The third-order valence-corrected chi connectivity index (χ3v) is 1.27. The summed E-state index contributed by atoms with van der Waals surface area (Å²) in [7, 11) is 1.84. The van der Waals surface area contributed by atoms with Gasteiger partial charge >= 0.3 is 0 Å². The molecule has 0 saturated heterocycles. The Morgan fingerprint density at radius 1 is 1.67 bits per heavy atom. The lowest BCUT2D eigenvalue weighted by Gasteiger charge is -1.96. The first-order valence-corrected chi connectivity index (χ1v) is 3.05. The van der Waals surface area contributed by atoms with Gasteiger partial charge in [-0.1, -0.05) is 17.7 Å². The van der Waals surface area contributed by atoms with Gasteiger partial charge in [-0.2, -0.15) is 0 Å². The molecule has 0 aromatic heterocycles. The molecule has 0 aliphatic carbocycles. The molecule has 0 unspecified atom stereocenters. The number of nitrogens with one attached hydrogen (secondary N) is 1. The highest BCUT2D eigenvalue weighted by Crippen LogP contribution is 2.12. The van der Waals surface area contributed by atoms with E-state index in [0.29, 0.717) is 0 Å². The van der Waals surface area contributed by atoms with E-state index in [4.69, 9.17) is 11.6 Å². The largest absolute Gasteiger partial charge is 0.388 e. The minimum Gasteiger partial charge on any atom is -0.388 e. The van der Waals surface area contributed by atoms with E-state index in [0.717, 1.165) is 10.7 Å². The van der Waals surface area contributed by atoms with E-state index >= 15 is 0 Å². The van der Waals surface area contributed by atoms with Gasteiger partial charge in [0.15, 0.2) is 0 Å². The lowest BCUT2D eigenvalue weighted by molar-refractivity contribution is 1.51. The first kappa shape index (κ1) is 6.43. The molecule has 1 nitrogen and oxygen atoms in total. The Kier molecular flexibility index (Phi) is 1.96. The standard InChI is InChI=1S/C7H7ClN/c1-9-7-4-2-3-6(8)5-7/h2-3,5,9H,1H3. The summed E-state index contributed by atoms with van der Waals surface area (Å²) in [5, 5.41) is 3.66. The maximum absolute atomic E-state index is 5.66. The summed E-state index contributed by atoms with van der Waals surface area (Å²) in [5.41, 5.74) is 0.919. The van der Waals surface area contributed by atoms with Crippen LogP contribution in [0.5, 0.6) is 0 Å². The topological polar surface area (TPSA) is 12.0 Å². The van der Waals surface area contributed by atoms with Gasteiger partial charge < -0.3 is 5.32 Å². The molecule has 0 saturated carbocycles. The van der Waals surface area contributed by atoms with E-state index in [-0.39, 0.29) is 0 Å². The SMILES string of the molecule is CNc1[c]ccc(Cl)c1. The van der Waals surface area contributed by atoms with Gasteiger partial charge in [-0.3, -0.25) is 0 Å². The van der Waals surface area contributed by atoms with Gasteiger partial charge in [0.1, 0.15) is 0 Å². The quantitative estimate of drug-likeness (QED) is 0.631. The fourth-order valence-electron chi connectivity index (χ4n) is 0.583. The van der Waals surface area contributed by atoms with Crippen LogP contribution in [0, 0.1) is 6.07 Å². The summed E-state index contributed by atoms with van der Waals surface area (Å²) in [6, 6.07) is 8.36. The lowest BCUT2D eigenvalue weighted by atomic mass is 10.3. The average molecular weight is 141 g/mol. The highest BCUT2D eigenvalue weighted by molar-refractivity contribution is 6.30. The third kappa shape index (κ3) is 1.61. The van der Waals surface area contributed by atoms with Crippen molar-refractivity contribution in [1.29, 1.82) is 0 Å². The number of benzene rings is 1. The van der Waals surface area contributed by atoms with Crippen LogP contribution in [-0.2, 0) is 0 Å². The van der Waals surface area contributed by atoms with E-state index in [1.165, 1.54) is 0 Å². The van der Waals surface area contributed by atoms with Crippen LogP contribution in [0.2, 0.25) is 5.02 Å². The smallest absolute Gasteiger partial charge is 0.0432 e.